The fourth-order valence-corrected chi connectivity index (χ4v) is 4.77. The summed E-state index contributed by atoms with van der Waals surface area (Å²) in [5.41, 5.74) is 8.09. The van der Waals surface area contributed by atoms with Crippen LogP contribution in [0.15, 0.2) is 66.7 Å². The van der Waals surface area contributed by atoms with Crippen molar-refractivity contribution in [2.45, 2.75) is 50.8 Å². The van der Waals surface area contributed by atoms with Gasteiger partial charge in [-0.3, -0.25) is 19.7 Å². The molecule has 1 heterocycles. The van der Waals surface area contributed by atoms with Gasteiger partial charge in [-0.1, -0.05) is 81.3 Å². The zero-order valence-corrected chi connectivity index (χ0v) is 21.2. The zero-order chi connectivity index (χ0) is 27.1. The summed E-state index contributed by atoms with van der Waals surface area (Å²) in [5.74, 6) is -3.88. The first-order chi connectivity index (χ1) is 17.7. The molecule has 0 aliphatic carbocycles. The minimum absolute atomic E-state index is 0.0542. The maximum absolute atomic E-state index is 13.4. The molecule has 3 rings (SSSR count). The van der Waals surface area contributed by atoms with Gasteiger partial charge in [0.25, 0.3) is 11.8 Å². The van der Waals surface area contributed by atoms with Gasteiger partial charge in [0.1, 0.15) is 5.69 Å². The molecule has 0 spiro atoms. The molecule has 9 nitrogen and oxygen atoms in total. The average molecular weight is 506 g/mol. The van der Waals surface area contributed by atoms with E-state index in [4.69, 9.17) is 11.5 Å². The van der Waals surface area contributed by atoms with Crippen LogP contribution in [-0.2, 0) is 16.0 Å². The lowest BCUT2D eigenvalue weighted by Gasteiger charge is -2.48. The molecule has 3 atom stereocenters. The maximum Gasteiger partial charge on any atom is 0.273 e. The van der Waals surface area contributed by atoms with Crippen molar-refractivity contribution in [2.24, 2.45) is 17.4 Å². The van der Waals surface area contributed by atoms with Crippen LogP contribution in [0.3, 0.4) is 0 Å². The smallest absolute Gasteiger partial charge is 0.273 e. The first-order valence-electron chi connectivity index (χ1n) is 12.5. The van der Waals surface area contributed by atoms with E-state index in [-0.39, 0.29) is 12.2 Å². The first kappa shape index (κ1) is 27.8. The van der Waals surface area contributed by atoms with Crippen LogP contribution >= 0.6 is 0 Å². The molecule has 0 fully saturated rings. The number of unbranched alkanes of at least 4 members (excludes halogenated alkanes) is 1. The molecule has 9 heteroatoms. The molecule has 3 amide bonds. The molecule has 196 valence electrons. The van der Waals surface area contributed by atoms with E-state index in [0.29, 0.717) is 24.8 Å². The van der Waals surface area contributed by atoms with Crippen molar-refractivity contribution >= 4 is 28.6 Å². The minimum atomic E-state index is -2.85. The molecule has 0 saturated carbocycles. The Kier molecular flexibility index (Phi) is 8.96. The maximum atomic E-state index is 13.4. The number of nitrogens with zero attached hydrogens (tertiary/aromatic N) is 1. The second kappa shape index (κ2) is 11.9. The third kappa shape index (κ3) is 5.63. The number of rotatable bonds is 13. The minimum Gasteiger partial charge on any atom is -0.368 e. The molecule has 7 N–H and O–H groups in total. The molecule has 2 aromatic carbocycles. The van der Waals surface area contributed by atoms with Crippen LogP contribution in [0.1, 0.15) is 49.2 Å². The van der Waals surface area contributed by atoms with Crippen molar-refractivity contribution in [1.29, 1.82) is 0 Å². The number of aromatic nitrogens is 1. The van der Waals surface area contributed by atoms with E-state index in [2.05, 4.69) is 15.6 Å². The number of hydrogen-bond donors (Lipinski definition) is 5. The van der Waals surface area contributed by atoms with Gasteiger partial charge < -0.3 is 21.9 Å². The normalized spacial score (nSPS) is 15.3. The molecule has 0 radical (unpaired) electrons. The zero-order valence-electron chi connectivity index (χ0n) is 21.2. The Balaban J connectivity index is 2.10. The second-order valence-corrected chi connectivity index (χ2v) is 9.17. The van der Waals surface area contributed by atoms with E-state index in [1.54, 1.807) is 18.2 Å². The highest BCUT2D eigenvalue weighted by atomic mass is 16.3. The summed E-state index contributed by atoms with van der Waals surface area (Å²) < 4.78 is 0. The van der Waals surface area contributed by atoms with Gasteiger partial charge in [0.2, 0.25) is 11.6 Å². The highest BCUT2D eigenvalue weighted by Gasteiger charge is 2.63. The van der Waals surface area contributed by atoms with Crippen molar-refractivity contribution in [3.63, 3.8) is 0 Å². The average Bonchev–Trinajstić information content (AvgIpc) is 2.90. The van der Waals surface area contributed by atoms with E-state index in [1.807, 2.05) is 56.3 Å². The monoisotopic (exact) mass is 505 g/mol. The summed E-state index contributed by atoms with van der Waals surface area (Å²) >= 11 is 0. The number of benzene rings is 2. The van der Waals surface area contributed by atoms with Crippen LogP contribution in [0.4, 0.5) is 0 Å². The molecule has 0 aliphatic rings. The highest BCUT2D eigenvalue weighted by Crippen LogP contribution is 2.34. The number of carbonyl (C=O) groups excluding carboxylic acids is 3. The van der Waals surface area contributed by atoms with Gasteiger partial charge >= 0.3 is 0 Å². The second-order valence-electron chi connectivity index (χ2n) is 9.17. The number of carbonyl (C=O) groups is 3. The van der Waals surface area contributed by atoms with Crippen LogP contribution in [0.5, 0.6) is 0 Å². The summed E-state index contributed by atoms with van der Waals surface area (Å²) in [6, 6.07) is 19.7. The first-order valence-corrected chi connectivity index (χ1v) is 12.5. The Morgan fingerprint density at radius 2 is 1.62 bits per heavy atom. The Bertz CT molecular complexity index is 1250. The topological polar surface area (TPSA) is 160 Å². The van der Waals surface area contributed by atoms with Gasteiger partial charge in [-0.2, -0.15) is 0 Å². The molecule has 0 bridgehead atoms. The predicted molar refractivity (Wildman–Crippen MR) is 142 cm³/mol. The quantitative estimate of drug-likeness (QED) is 0.176. The lowest BCUT2D eigenvalue weighted by Crippen LogP contribution is -2.82. The summed E-state index contributed by atoms with van der Waals surface area (Å²) in [4.78, 5) is 43.9. The van der Waals surface area contributed by atoms with Crippen molar-refractivity contribution in [2.75, 3.05) is 6.54 Å². The summed E-state index contributed by atoms with van der Waals surface area (Å²) in [7, 11) is 0. The Morgan fingerprint density at radius 1 is 0.946 bits per heavy atom. The molecule has 3 unspecified atom stereocenters. The van der Waals surface area contributed by atoms with Gasteiger partial charge in [0.05, 0.1) is 5.52 Å². The third-order valence-corrected chi connectivity index (χ3v) is 6.81. The van der Waals surface area contributed by atoms with Gasteiger partial charge in [-0.15, -0.1) is 0 Å². The summed E-state index contributed by atoms with van der Waals surface area (Å²) in [5, 5.41) is 18.1. The number of amides is 3. The van der Waals surface area contributed by atoms with E-state index in [9.17, 15) is 19.5 Å². The van der Waals surface area contributed by atoms with E-state index < -0.39 is 34.9 Å². The highest BCUT2D eigenvalue weighted by molar-refractivity contribution is 6.03. The van der Waals surface area contributed by atoms with Crippen molar-refractivity contribution in [3.05, 3.63) is 78.0 Å². The molecule has 0 saturated heterocycles. The Morgan fingerprint density at radius 3 is 2.24 bits per heavy atom. The van der Waals surface area contributed by atoms with Crippen molar-refractivity contribution in [3.8, 4) is 0 Å². The fourth-order valence-electron chi connectivity index (χ4n) is 4.77. The molecule has 3 aromatic rings. The van der Waals surface area contributed by atoms with E-state index in [1.165, 1.54) is 6.07 Å². The number of nitrogens with one attached hydrogen (secondary N) is 2. The molecule has 1 aromatic heterocycles. The summed E-state index contributed by atoms with van der Waals surface area (Å²) in [6.07, 6.45) is 2.04. The lowest BCUT2D eigenvalue weighted by atomic mass is 9.70. The molecular weight excluding hydrogens is 470 g/mol. The largest absolute Gasteiger partial charge is 0.368 e. The predicted octanol–water partition coefficient (Wildman–Crippen LogP) is 2.02. The molecule has 37 heavy (non-hydrogen) atoms. The van der Waals surface area contributed by atoms with Gasteiger partial charge in [0, 0.05) is 5.39 Å². The molecule has 0 aliphatic heterocycles. The van der Waals surface area contributed by atoms with Crippen LogP contribution in [0.25, 0.3) is 10.9 Å². The molecular formula is C28H35N5O4. The number of para-hydroxylation sites is 1. The third-order valence-electron chi connectivity index (χ3n) is 6.81. The van der Waals surface area contributed by atoms with Gasteiger partial charge in [-0.05, 0) is 43.0 Å². The van der Waals surface area contributed by atoms with E-state index in [0.717, 1.165) is 17.4 Å². The number of nitrogens with two attached hydrogens (primary N) is 2. The number of fused-ring (bicyclic) bond motifs is 1. The van der Waals surface area contributed by atoms with Crippen LogP contribution in [0, 0.1) is 5.92 Å². The number of aliphatic hydroxyl groups is 1. The Labute approximate surface area is 216 Å². The van der Waals surface area contributed by atoms with Crippen molar-refractivity contribution < 1.29 is 19.5 Å². The van der Waals surface area contributed by atoms with Crippen LogP contribution in [-0.4, -0.2) is 45.6 Å². The Hall–Kier alpha value is -3.82. The summed E-state index contributed by atoms with van der Waals surface area (Å²) in [6.45, 7) is 4.04. The SMILES string of the molecule is CCCCNC(C(N)=O)(C(CC)Cc1ccccc1)C(O)(NC(=O)c1ccc2ccccc2n1)C(N)=O. The van der Waals surface area contributed by atoms with Gasteiger partial charge in [-0.25, -0.2) is 4.98 Å². The number of primary amides is 2. The van der Waals surface area contributed by atoms with Crippen molar-refractivity contribution in [1.82, 2.24) is 15.6 Å². The number of pyridine rings is 1. The standard InChI is InChI=1S/C28H35N5O4/c1-3-5-17-31-27(25(29)35,21(4-2)18-19-11-7-6-8-12-19)28(37,26(30)36)33-24(34)23-16-15-20-13-9-10-14-22(20)32-23/h6-16,21,31,37H,3-5,17-18H2,1-2H3,(H2,29,35)(H2,30,36)(H,33,34). The van der Waals surface area contributed by atoms with Crippen LogP contribution < -0.4 is 22.1 Å². The number of hydrogen-bond acceptors (Lipinski definition) is 6. The lowest BCUT2D eigenvalue weighted by molar-refractivity contribution is -0.165. The van der Waals surface area contributed by atoms with E-state index >= 15 is 0 Å². The van der Waals surface area contributed by atoms with Crippen LogP contribution in [0.2, 0.25) is 0 Å². The fraction of sp³-hybridized carbons (Fsp3) is 0.357. The van der Waals surface area contributed by atoms with Gasteiger partial charge in [0.15, 0.2) is 5.54 Å².